The van der Waals surface area contributed by atoms with Crippen molar-refractivity contribution < 1.29 is 5.11 Å². The van der Waals surface area contributed by atoms with E-state index in [0.717, 1.165) is 9.35 Å². The van der Waals surface area contributed by atoms with Gasteiger partial charge < -0.3 is 10.4 Å². The Hall–Kier alpha value is 0.100. The van der Waals surface area contributed by atoms with Gasteiger partial charge >= 0.3 is 0 Å². The third-order valence-electron chi connectivity index (χ3n) is 1.92. The largest absolute Gasteiger partial charge is 0.386 e. The monoisotopic (exact) mass is 277 g/mol. The van der Waals surface area contributed by atoms with Crippen LogP contribution in [-0.2, 0) is 0 Å². The molecule has 1 aromatic rings. The van der Waals surface area contributed by atoms with Crippen LogP contribution >= 0.6 is 27.3 Å². The van der Waals surface area contributed by atoms with Gasteiger partial charge in [0, 0.05) is 26.8 Å². The fraction of sp³-hybridized carbons (Fsp3) is 0.600. The molecule has 0 saturated carbocycles. The van der Waals surface area contributed by atoms with Crippen LogP contribution in [0.4, 0.5) is 0 Å². The third-order valence-corrected chi connectivity index (χ3v) is 4.16. The van der Waals surface area contributed by atoms with E-state index in [-0.39, 0.29) is 0 Å². The van der Waals surface area contributed by atoms with Crippen LogP contribution in [0.15, 0.2) is 10.5 Å². The Morgan fingerprint density at radius 2 is 2.21 bits per heavy atom. The van der Waals surface area contributed by atoms with Gasteiger partial charge in [0.1, 0.15) is 6.10 Å². The molecule has 4 heteroatoms. The Bertz CT molecular complexity index is 279. The average Bonchev–Trinajstić information content (AvgIpc) is 2.43. The molecule has 0 bridgehead atoms. The maximum atomic E-state index is 9.83. The third kappa shape index (κ3) is 3.35. The SMILES string of the molecule is Cc1sc(C(O)CNC(C)C)cc1Br. The maximum Gasteiger partial charge on any atom is 0.101 e. The van der Waals surface area contributed by atoms with Gasteiger partial charge in [-0.1, -0.05) is 13.8 Å². The van der Waals surface area contributed by atoms with Crippen LogP contribution in [0.3, 0.4) is 0 Å². The molecule has 80 valence electrons. The number of halogens is 1. The predicted octanol–water partition coefficient (Wildman–Crippen LogP) is 2.85. The Kier molecular flexibility index (Phi) is 4.57. The van der Waals surface area contributed by atoms with E-state index in [1.54, 1.807) is 11.3 Å². The van der Waals surface area contributed by atoms with Crippen LogP contribution in [0.2, 0.25) is 0 Å². The van der Waals surface area contributed by atoms with E-state index >= 15 is 0 Å². The zero-order valence-electron chi connectivity index (χ0n) is 8.67. The quantitative estimate of drug-likeness (QED) is 0.887. The molecule has 0 fully saturated rings. The fourth-order valence-corrected chi connectivity index (χ4v) is 2.64. The molecule has 14 heavy (non-hydrogen) atoms. The highest BCUT2D eigenvalue weighted by molar-refractivity contribution is 9.10. The number of aliphatic hydroxyl groups excluding tert-OH is 1. The van der Waals surface area contributed by atoms with E-state index in [1.807, 2.05) is 13.0 Å². The summed E-state index contributed by atoms with van der Waals surface area (Å²) in [5.74, 6) is 0. The summed E-state index contributed by atoms with van der Waals surface area (Å²) in [6.07, 6.45) is -0.396. The second-order valence-corrected chi connectivity index (χ2v) is 5.77. The van der Waals surface area contributed by atoms with Crippen LogP contribution in [0.1, 0.15) is 29.7 Å². The van der Waals surface area contributed by atoms with Gasteiger partial charge in [-0.25, -0.2) is 0 Å². The second kappa shape index (κ2) is 5.26. The Balaban J connectivity index is 2.56. The first-order valence-electron chi connectivity index (χ1n) is 4.68. The first kappa shape index (κ1) is 12.2. The number of thiophene rings is 1. The molecule has 1 atom stereocenters. The minimum Gasteiger partial charge on any atom is -0.386 e. The van der Waals surface area contributed by atoms with Gasteiger partial charge in [0.15, 0.2) is 0 Å². The molecule has 1 heterocycles. The molecule has 0 amide bonds. The Morgan fingerprint density at radius 1 is 1.57 bits per heavy atom. The van der Waals surface area contributed by atoms with Gasteiger partial charge in [-0.3, -0.25) is 0 Å². The van der Waals surface area contributed by atoms with E-state index in [1.165, 1.54) is 4.88 Å². The zero-order valence-corrected chi connectivity index (χ0v) is 11.1. The van der Waals surface area contributed by atoms with Crippen molar-refractivity contribution in [1.82, 2.24) is 5.32 Å². The molecule has 0 aliphatic rings. The summed E-state index contributed by atoms with van der Waals surface area (Å²) >= 11 is 5.08. The number of aliphatic hydroxyl groups is 1. The molecule has 1 aromatic heterocycles. The van der Waals surface area contributed by atoms with Crippen molar-refractivity contribution in [1.29, 1.82) is 0 Å². The van der Waals surface area contributed by atoms with Gasteiger partial charge in [0.25, 0.3) is 0 Å². The van der Waals surface area contributed by atoms with Gasteiger partial charge in [-0.15, -0.1) is 11.3 Å². The Labute approximate surface area is 97.5 Å². The molecular formula is C10H16BrNOS. The maximum absolute atomic E-state index is 9.83. The van der Waals surface area contributed by atoms with Gasteiger partial charge in [0.05, 0.1) is 0 Å². The van der Waals surface area contributed by atoms with Crippen LogP contribution in [0, 0.1) is 6.92 Å². The molecule has 0 aromatic carbocycles. The lowest BCUT2D eigenvalue weighted by atomic mass is 10.2. The van der Waals surface area contributed by atoms with Crippen LogP contribution in [0.5, 0.6) is 0 Å². The van der Waals surface area contributed by atoms with Crippen molar-refractivity contribution in [2.75, 3.05) is 6.54 Å². The fourth-order valence-electron chi connectivity index (χ4n) is 1.09. The van der Waals surface area contributed by atoms with E-state index in [4.69, 9.17) is 0 Å². The lowest BCUT2D eigenvalue weighted by Gasteiger charge is -2.12. The second-order valence-electron chi connectivity index (χ2n) is 3.63. The van der Waals surface area contributed by atoms with E-state index in [2.05, 4.69) is 35.1 Å². The molecule has 0 aliphatic carbocycles. The number of hydrogen-bond donors (Lipinski definition) is 2. The van der Waals surface area contributed by atoms with Crippen molar-refractivity contribution in [3.8, 4) is 0 Å². The number of aryl methyl sites for hydroxylation is 1. The molecule has 0 spiro atoms. The lowest BCUT2D eigenvalue weighted by Crippen LogP contribution is -2.27. The number of rotatable bonds is 4. The van der Waals surface area contributed by atoms with Crippen LogP contribution < -0.4 is 5.32 Å². The molecule has 0 aliphatic heterocycles. The van der Waals surface area contributed by atoms with E-state index in [9.17, 15) is 5.11 Å². The molecule has 0 saturated heterocycles. The highest BCUT2D eigenvalue weighted by Crippen LogP contribution is 2.30. The molecule has 2 nitrogen and oxygen atoms in total. The Morgan fingerprint density at radius 3 is 2.64 bits per heavy atom. The molecule has 1 unspecified atom stereocenters. The average molecular weight is 278 g/mol. The standard InChI is InChI=1S/C10H16BrNOS/c1-6(2)12-5-9(13)10-4-8(11)7(3)14-10/h4,6,9,12-13H,5H2,1-3H3. The lowest BCUT2D eigenvalue weighted by molar-refractivity contribution is 0.175. The summed E-state index contributed by atoms with van der Waals surface area (Å²) in [7, 11) is 0. The minimum atomic E-state index is -0.396. The van der Waals surface area contributed by atoms with Crippen molar-refractivity contribution in [2.24, 2.45) is 0 Å². The molecule has 2 N–H and O–H groups in total. The van der Waals surface area contributed by atoms with Crippen LogP contribution in [-0.4, -0.2) is 17.7 Å². The summed E-state index contributed by atoms with van der Waals surface area (Å²) in [6.45, 7) is 6.80. The normalized spacial score (nSPS) is 13.6. The highest BCUT2D eigenvalue weighted by atomic mass is 79.9. The summed E-state index contributed by atoms with van der Waals surface area (Å²) in [5, 5.41) is 13.0. The zero-order chi connectivity index (χ0) is 10.7. The van der Waals surface area contributed by atoms with Crippen molar-refractivity contribution in [3.05, 3.63) is 20.3 Å². The summed E-state index contributed by atoms with van der Waals surface area (Å²) < 4.78 is 1.08. The number of nitrogens with one attached hydrogen (secondary N) is 1. The first-order valence-corrected chi connectivity index (χ1v) is 6.29. The van der Waals surface area contributed by atoms with Crippen molar-refractivity contribution in [3.63, 3.8) is 0 Å². The van der Waals surface area contributed by atoms with Gasteiger partial charge in [-0.2, -0.15) is 0 Å². The van der Waals surface area contributed by atoms with Crippen molar-refractivity contribution in [2.45, 2.75) is 32.9 Å². The van der Waals surface area contributed by atoms with Gasteiger partial charge in [-0.05, 0) is 28.9 Å². The summed E-state index contributed by atoms with van der Waals surface area (Å²) in [5.41, 5.74) is 0. The minimum absolute atomic E-state index is 0.396. The van der Waals surface area contributed by atoms with Gasteiger partial charge in [0.2, 0.25) is 0 Å². The smallest absolute Gasteiger partial charge is 0.101 e. The van der Waals surface area contributed by atoms with Crippen molar-refractivity contribution >= 4 is 27.3 Å². The van der Waals surface area contributed by atoms with E-state index < -0.39 is 6.10 Å². The predicted molar refractivity (Wildman–Crippen MR) is 64.9 cm³/mol. The van der Waals surface area contributed by atoms with Crippen LogP contribution in [0.25, 0.3) is 0 Å². The molecule has 0 radical (unpaired) electrons. The highest BCUT2D eigenvalue weighted by Gasteiger charge is 2.12. The molecule has 1 rings (SSSR count). The van der Waals surface area contributed by atoms with E-state index in [0.29, 0.717) is 12.6 Å². The number of hydrogen-bond acceptors (Lipinski definition) is 3. The first-order chi connectivity index (χ1) is 6.50. The molecular weight excluding hydrogens is 262 g/mol. The summed E-state index contributed by atoms with van der Waals surface area (Å²) in [4.78, 5) is 2.23. The topological polar surface area (TPSA) is 32.3 Å². The summed E-state index contributed by atoms with van der Waals surface area (Å²) in [6, 6.07) is 2.40.